The van der Waals surface area contributed by atoms with Crippen LogP contribution in [0.15, 0.2) is 30.3 Å². The monoisotopic (exact) mass is 328 g/mol. The Morgan fingerprint density at radius 2 is 2.00 bits per heavy atom. The van der Waals surface area contributed by atoms with Gasteiger partial charge in [0.1, 0.15) is 5.00 Å². The van der Waals surface area contributed by atoms with E-state index in [4.69, 9.17) is 5.73 Å². The standard InChI is InChI=1S/C18H20N2O2S/c1-3-12-10(2)23-18(15(12)16(19)21)20-17(22)14-9-13(14)11-7-5-4-6-8-11/h4-8,13-14H,3,9H2,1-2H3,(H2,19,21)(H,20,22)/t13-,14+/m0/s1. The molecular weight excluding hydrogens is 308 g/mol. The number of hydrogen-bond acceptors (Lipinski definition) is 3. The number of benzene rings is 1. The zero-order chi connectivity index (χ0) is 16.6. The van der Waals surface area contributed by atoms with Gasteiger partial charge in [-0.25, -0.2) is 0 Å². The van der Waals surface area contributed by atoms with Crippen molar-refractivity contribution in [3.05, 3.63) is 51.9 Å². The number of hydrogen-bond donors (Lipinski definition) is 2. The number of anilines is 1. The normalized spacial score (nSPS) is 19.4. The van der Waals surface area contributed by atoms with Crippen LogP contribution in [0.2, 0.25) is 0 Å². The molecule has 0 spiro atoms. The summed E-state index contributed by atoms with van der Waals surface area (Å²) in [5.41, 5.74) is 8.11. The molecule has 120 valence electrons. The molecule has 2 amide bonds. The predicted molar refractivity (Wildman–Crippen MR) is 92.9 cm³/mol. The Labute approximate surface area is 139 Å². The number of amides is 2. The minimum atomic E-state index is -0.475. The van der Waals surface area contributed by atoms with Gasteiger partial charge in [0.05, 0.1) is 5.56 Å². The highest BCUT2D eigenvalue weighted by Crippen LogP contribution is 2.48. The number of thiophene rings is 1. The lowest BCUT2D eigenvalue weighted by atomic mass is 10.1. The molecule has 5 heteroatoms. The topological polar surface area (TPSA) is 72.2 Å². The Hall–Kier alpha value is -2.14. The molecule has 3 N–H and O–H groups in total. The number of carbonyl (C=O) groups excluding carboxylic acids is 2. The maximum atomic E-state index is 12.5. The molecule has 1 aliphatic rings. The smallest absolute Gasteiger partial charge is 0.251 e. The summed E-state index contributed by atoms with van der Waals surface area (Å²) in [5.74, 6) is -0.243. The van der Waals surface area contributed by atoms with Gasteiger partial charge in [-0.15, -0.1) is 11.3 Å². The van der Waals surface area contributed by atoms with Crippen LogP contribution in [0, 0.1) is 12.8 Å². The van der Waals surface area contributed by atoms with E-state index in [1.807, 2.05) is 32.0 Å². The molecule has 1 saturated carbocycles. The second-order valence-corrected chi connectivity index (χ2v) is 7.13. The summed E-state index contributed by atoms with van der Waals surface area (Å²) in [5, 5.41) is 3.52. The van der Waals surface area contributed by atoms with Crippen LogP contribution in [-0.4, -0.2) is 11.8 Å². The van der Waals surface area contributed by atoms with Crippen molar-refractivity contribution in [2.75, 3.05) is 5.32 Å². The number of primary amides is 1. The second-order valence-electron chi connectivity index (χ2n) is 5.91. The van der Waals surface area contributed by atoms with Gasteiger partial charge in [0, 0.05) is 10.8 Å². The highest BCUT2D eigenvalue weighted by molar-refractivity contribution is 7.16. The first kappa shape index (κ1) is 15.7. The molecule has 0 aliphatic heterocycles. The second kappa shape index (κ2) is 6.16. The van der Waals surface area contributed by atoms with E-state index in [0.717, 1.165) is 23.3 Å². The fourth-order valence-corrected chi connectivity index (χ4v) is 4.26. The lowest BCUT2D eigenvalue weighted by molar-refractivity contribution is -0.117. The molecule has 2 atom stereocenters. The van der Waals surface area contributed by atoms with Crippen LogP contribution in [0.3, 0.4) is 0 Å². The van der Waals surface area contributed by atoms with Crippen molar-refractivity contribution < 1.29 is 9.59 Å². The van der Waals surface area contributed by atoms with Gasteiger partial charge >= 0.3 is 0 Å². The van der Waals surface area contributed by atoms with Gasteiger partial charge in [-0.3, -0.25) is 9.59 Å². The van der Waals surface area contributed by atoms with Gasteiger partial charge in [-0.05, 0) is 36.8 Å². The van der Waals surface area contributed by atoms with E-state index in [9.17, 15) is 9.59 Å². The van der Waals surface area contributed by atoms with Crippen LogP contribution >= 0.6 is 11.3 Å². The number of carbonyl (C=O) groups is 2. The maximum absolute atomic E-state index is 12.5. The van der Waals surface area contributed by atoms with Crippen LogP contribution in [0.5, 0.6) is 0 Å². The zero-order valence-corrected chi connectivity index (χ0v) is 14.1. The van der Waals surface area contributed by atoms with Crippen molar-refractivity contribution >= 4 is 28.2 Å². The van der Waals surface area contributed by atoms with Crippen molar-refractivity contribution in [1.82, 2.24) is 0 Å². The van der Waals surface area contributed by atoms with Crippen molar-refractivity contribution in [3.8, 4) is 0 Å². The summed E-state index contributed by atoms with van der Waals surface area (Å²) in [6, 6.07) is 10.1. The quantitative estimate of drug-likeness (QED) is 0.882. The van der Waals surface area contributed by atoms with Crippen LogP contribution in [0.25, 0.3) is 0 Å². The van der Waals surface area contributed by atoms with E-state index in [1.54, 1.807) is 0 Å². The number of nitrogens with two attached hydrogens (primary N) is 1. The first-order chi connectivity index (χ1) is 11.0. The molecule has 0 radical (unpaired) electrons. The molecule has 3 rings (SSSR count). The molecule has 0 saturated heterocycles. The molecule has 2 aromatic rings. The van der Waals surface area contributed by atoms with Crippen molar-refractivity contribution in [2.24, 2.45) is 11.7 Å². The molecular formula is C18H20N2O2S. The van der Waals surface area contributed by atoms with Gasteiger partial charge in [0.15, 0.2) is 0 Å². The maximum Gasteiger partial charge on any atom is 0.251 e. The summed E-state index contributed by atoms with van der Waals surface area (Å²) in [4.78, 5) is 25.3. The van der Waals surface area contributed by atoms with E-state index in [2.05, 4.69) is 17.4 Å². The zero-order valence-electron chi connectivity index (χ0n) is 13.3. The van der Waals surface area contributed by atoms with Gasteiger partial charge in [0.25, 0.3) is 5.91 Å². The minimum Gasteiger partial charge on any atom is -0.365 e. The number of aryl methyl sites for hydroxylation is 1. The Morgan fingerprint density at radius 3 is 2.61 bits per heavy atom. The van der Waals surface area contributed by atoms with Gasteiger partial charge in [-0.2, -0.15) is 0 Å². The van der Waals surface area contributed by atoms with Gasteiger partial charge < -0.3 is 11.1 Å². The fourth-order valence-electron chi connectivity index (χ4n) is 3.11. The van der Waals surface area contributed by atoms with Crippen molar-refractivity contribution in [2.45, 2.75) is 32.6 Å². The number of rotatable bonds is 5. The molecule has 4 nitrogen and oxygen atoms in total. The van der Waals surface area contributed by atoms with Crippen LogP contribution in [-0.2, 0) is 11.2 Å². The predicted octanol–water partition coefficient (Wildman–Crippen LogP) is 3.46. The van der Waals surface area contributed by atoms with E-state index in [0.29, 0.717) is 10.6 Å². The van der Waals surface area contributed by atoms with Crippen LogP contribution in [0.1, 0.15) is 45.6 Å². The molecule has 0 bridgehead atoms. The first-order valence-electron chi connectivity index (χ1n) is 7.80. The van der Waals surface area contributed by atoms with Gasteiger partial charge in [0.2, 0.25) is 5.91 Å². The lowest BCUT2D eigenvalue weighted by Crippen LogP contribution is -2.19. The third-order valence-electron chi connectivity index (χ3n) is 4.40. The highest BCUT2D eigenvalue weighted by Gasteiger charge is 2.44. The SMILES string of the molecule is CCc1c(C)sc(NC(=O)[C@@H]2C[C@H]2c2ccccc2)c1C(N)=O. The van der Waals surface area contributed by atoms with E-state index >= 15 is 0 Å². The Kier molecular flexibility index (Phi) is 4.22. The van der Waals surface area contributed by atoms with Crippen molar-refractivity contribution in [3.63, 3.8) is 0 Å². The average molecular weight is 328 g/mol. The van der Waals surface area contributed by atoms with E-state index < -0.39 is 5.91 Å². The summed E-state index contributed by atoms with van der Waals surface area (Å²) in [6.07, 6.45) is 1.58. The third kappa shape index (κ3) is 3.01. The first-order valence-corrected chi connectivity index (χ1v) is 8.62. The molecule has 1 fully saturated rings. The molecule has 23 heavy (non-hydrogen) atoms. The van der Waals surface area contributed by atoms with Gasteiger partial charge in [-0.1, -0.05) is 37.3 Å². The fraction of sp³-hybridized carbons (Fsp3) is 0.333. The third-order valence-corrected chi connectivity index (χ3v) is 5.46. The Morgan fingerprint density at radius 1 is 1.30 bits per heavy atom. The Bertz CT molecular complexity index is 752. The molecule has 1 aromatic heterocycles. The molecule has 1 aromatic carbocycles. The number of nitrogens with one attached hydrogen (secondary N) is 1. The van der Waals surface area contributed by atoms with Crippen LogP contribution in [0.4, 0.5) is 5.00 Å². The van der Waals surface area contributed by atoms with Crippen molar-refractivity contribution in [1.29, 1.82) is 0 Å². The molecule has 1 aliphatic carbocycles. The van der Waals surface area contributed by atoms with Crippen LogP contribution < -0.4 is 11.1 Å². The molecule has 1 heterocycles. The summed E-state index contributed by atoms with van der Waals surface area (Å²) in [6.45, 7) is 3.94. The largest absolute Gasteiger partial charge is 0.365 e. The van der Waals surface area contributed by atoms with E-state index in [-0.39, 0.29) is 17.7 Å². The lowest BCUT2D eigenvalue weighted by Gasteiger charge is -2.06. The Balaban J connectivity index is 1.76. The summed E-state index contributed by atoms with van der Waals surface area (Å²) in [7, 11) is 0. The van der Waals surface area contributed by atoms with E-state index in [1.165, 1.54) is 16.9 Å². The molecule has 0 unspecified atom stereocenters. The summed E-state index contributed by atoms with van der Waals surface area (Å²) < 4.78 is 0. The highest BCUT2D eigenvalue weighted by atomic mass is 32.1. The summed E-state index contributed by atoms with van der Waals surface area (Å²) >= 11 is 1.43. The average Bonchev–Trinajstić information content (AvgIpc) is 3.27. The minimum absolute atomic E-state index is 0.0226.